The van der Waals surface area contributed by atoms with Crippen molar-refractivity contribution in [3.05, 3.63) is 63.4 Å². The first-order valence-electron chi connectivity index (χ1n) is 11.7. The first kappa shape index (κ1) is 24.4. The van der Waals surface area contributed by atoms with Crippen molar-refractivity contribution in [1.29, 1.82) is 0 Å². The molecule has 34 heavy (non-hydrogen) atoms. The summed E-state index contributed by atoms with van der Waals surface area (Å²) in [4.78, 5) is 35.3. The molecule has 1 aromatic carbocycles. The van der Waals surface area contributed by atoms with Crippen LogP contribution in [0.5, 0.6) is 0 Å². The number of carbonyl (C=O) groups excluding carboxylic acids is 1. The average molecular weight is 483 g/mol. The molecule has 5 rings (SSSR count). The summed E-state index contributed by atoms with van der Waals surface area (Å²) in [6.45, 7) is 8.23. The van der Waals surface area contributed by atoms with Gasteiger partial charge in [0.15, 0.2) is 0 Å². The van der Waals surface area contributed by atoms with Gasteiger partial charge in [0.2, 0.25) is 0 Å². The minimum absolute atomic E-state index is 0. The predicted molar refractivity (Wildman–Crippen MR) is 136 cm³/mol. The molecule has 7 nitrogen and oxygen atoms in total. The minimum atomic E-state index is -0.451. The molecule has 0 spiro atoms. The summed E-state index contributed by atoms with van der Waals surface area (Å²) >= 11 is 0. The second-order valence-corrected chi connectivity index (χ2v) is 9.16. The molecule has 180 valence electrons. The van der Waals surface area contributed by atoms with Crippen LogP contribution in [-0.2, 0) is 16.1 Å². The molecule has 2 aliphatic heterocycles. The fourth-order valence-corrected chi connectivity index (χ4v) is 4.88. The summed E-state index contributed by atoms with van der Waals surface area (Å²) in [5.41, 5.74) is 4.96. The first-order valence-corrected chi connectivity index (χ1v) is 11.7. The van der Waals surface area contributed by atoms with E-state index in [2.05, 4.69) is 22.9 Å². The van der Waals surface area contributed by atoms with Gasteiger partial charge in [0.05, 0.1) is 30.0 Å². The average Bonchev–Trinajstić information content (AvgIpc) is 3.17. The molecule has 1 atom stereocenters. The fourth-order valence-electron chi connectivity index (χ4n) is 4.88. The third kappa shape index (κ3) is 4.48. The molecule has 2 aliphatic rings. The topological polar surface area (TPSA) is 67.7 Å². The summed E-state index contributed by atoms with van der Waals surface area (Å²) < 4.78 is 7.69. The molecule has 0 radical (unpaired) electrons. The van der Waals surface area contributed by atoms with E-state index in [0.29, 0.717) is 18.5 Å². The number of ether oxygens (including phenoxy) is 1. The van der Waals surface area contributed by atoms with Gasteiger partial charge in [0.25, 0.3) is 5.56 Å². The summed E-state index contributed by atoms with van der Waals surface area (Å²) in [7, 11) is 2.09. The number of nitrogens with zero attached hydrogens (tertiary/aromatic N) is 4. The van der Waals surface area contributed by atoms with Gasteiger partial charge in [0, 0.05) is 48.3 Å². The molecule has 0 amide bonds. The van der Waals surface area contributed by atoms with E-state index in [0.717, 1.165) is 59.6 Å². The molecular formula is C26H31ClN4O3. The van der Waals surface area contributed by atoms with Crippen molar-refractivity contribution in [2.75, 3.05) is 39.8 Å². The van der Waals surface area contributed by atoms with E-state index in [1.807, 2.05) is 44.2 Å². The van der Waals surface area contributed by atoms with E-state index >= 15 is 0 Å². The number of para-hydroxylation sites is 1. The van der Waals surface area contributed by atoms with Crippen LogP contribution in [0.1, 0.15) is 36.1 Å². The van der Waals surface area contributed by atoms with E-state index in [1.54, 1.807) is 4.57 Å². The van der Waals surface area contributed by atoms with Gasteiger partial charge in [-0.3, -0.25) is 14.5 Å². The third-order valence-corrected chi connectivity index (χ3v) is 6.90. The highest BCUT2D eigenvalue weighted by Gasteiger charge is 2.28. The number of hydrogen-bond acceptors (Lipinski definition) is 6. The number of esters is 1. The van der Waals surface area contributed by atoms with Crippen LogP contribution in [0.4, 0.5) is 0 Å². The number of carbonyl (C=O) groups is 1. The summed E-state index contributed by atoms with van der Waals surface area (Å²) in [6.07, 6.45) is 0.156. The Bertz CT molecular complexity index is 1280. The van der Waals surface area contributed by atoms with Crippen LogP contribution in [-0.4, -0.2) is 65.1 Å². The lowest BCUT2D eigenvalue weighted by molar-refractivity contribution is -0.151. The Morgan fingerprint density at radius 3 is 2.62 bits per heavy atom. The second kappa shape index (κ2) is 9.86. The van der Waals surface area contributed by atoms with Crippen LogP contribution in [0.2, 0.25) is 0 Å². The van der Waals surface area contributed by atoms with Gasteiger partial charge in [-0.1, -0.05) is 25.1 Å². The Hall–Kier alpha value is -2.74. The predicted octanol–water partition coefficient (Wildman–Crippen LogP) is 3.40. The van der Waals surface area contributed by atoms with Crippen molar-refractivity contribution in [3.63, 3.8) is 0 Å². The molecule has 2 aromatic heterocycles. The Balaban J connectivity index is 0.00000274. The van der Waals surface area contributed by atoms with Gasteiger partial charge in [-0.15, -0.1) is 12.4 Å². The number of fused-ring (bicyclic) bond motifs is 4. The van der Waals surface area contributed by atoms with Crippen LogP contribution in [0.25, 0.3) is 22.3 Å². The Labute approximate surface area is 205 Å². The highest BCUT2D eigenvalue weighted by molar-refractivity contribution is 5.85. The third-order valence-electron chi connectivity index (χ3n) is 6.90. The summed E-state index contributed by atoms with van der Waals surface area (Å²) in [5.74, 6) is -0.240. The van der Waals surface area contributed by atoms with E-state index < -0.39 is 6.10 Å². The molecule has 3 aromatic rings. The monoisotopic (exact) mass is 482 g/mol. The summed E-state index contributed by atoms with van der Waals surface area (Å²) in [6, 6.07) is 12.1. The SMILES string of the molecule is CCC(OC(=O)CN1CCN(C)CC1)c1cc2n(c(=O)c1C)Cc1cc3ccccc3nc1-2.Cl. The number of halogens is 1. The lowest BCUT2D eigenvalue weighted by atomic mass is 10.0. The molecule has 0 N–H and O–H groups in total. The molecule has 1 fully saturated rings. The second-order valence-electron chi connectivity index (χ2n) is 9.16. The normalized spacial score (nSPS) is 16.6. The maximum Gasteiger partial charge on any atom is 0.320 e. The van der Waals surface area contributed by atoms with Crippen LogP contribution in [0, 0.1) is 6.92 Å². The Morgan fingerprint density at radius 2 is 1.88 bits per heavy atom. The number of likely N-dealkylation sites (N-methyl/N-ethyl adjacent to an activating group) is 1. The molecule has 0 aliphatic carbocycles. The number of hydrogen-bond donors (Lipinski definition) is 0. The lowest BCUT2D eigenvalue weighted by Gasteiger charge is -2.32. The molecule has 0 bridgehead atoms. The van der Waals surface area contributed by atoms with E-state index in [1.165, 1.54) is 0 Å². The maximum atomic E-state index is 13.3. The number of piperazine rings is 1. The first-order chi connectivity index (χ1) is 15.9. The molecule has 4 heterocycles. The molecule has 1 saturated heterocycles. The Kier molecular flexibility index (Phi) is 7.07. The van der Waals surface area contributed by atoms with Gasteiger partial charge in [0.1, 0.15) is 6.10 Å². The fraction of sp³-hybridized carbons (Fsp3) is 0.423. The molecular weight excluding hydrogens is 452 g/mol. The largest absolute Gasteiger partial charge is 0.457 e. The van der Waals surface area contributed by atoms with Crippen molar-refractivity contribution in [1.82, 2.24) is 19.4 Å². The van der Waals surface area contributed by atoms with Gasteiger partial charge in [-0.2, -0.15) is 0 Å². The van der Waals surface area contributed by atoms with Crippen molar-refractivity contribution in [2.24, 2.45) is 0 Å². The number of benzene rings is 1. The van der Waals surface area contributed by atoms with Crippen molar-refractivity contribution in [2.45, 2.75) is 32.9 Å². The highest BCUT2D eigenvalue weighted by Crippen LogP contribution is 2.34. The number of pyridine rings is 2. The van der Waals surface area contributed by atoms with E-state index in [-0.39, 0.29) is 30.5 Å². The Morgan fingerprint density at radius 1 is 1.15 bits per heavy atom. The van der Waals surface area contributed by atoms with Crippen LogP contribution < -0.4 is 5.56 Å². The van der Waals surface area contributed by atoms with E-state index in [4.69, 9.17) is 9.72 Å². The highest BCUT2D eigenvalue weighted by atomic mass is 35.5. The van der Waals surface area contributed by atoms with Crippen LogP contribution in [0.3, 0.4) is 0 Å². The smallest absolute Gasteiger partial charge is 0.320 e. The van der Waals surface area contributed by atoms with Gasteiger partial charge in [-0.25, -0.2) is 4.98 Å². The minimum Gasteiger partial charge on any atom is -0.457 e. The summed E-state index contributed by atoms with van der Waals surface area (Å²) in [5, 5.41) is 1.07. The van der Waals surface area contributed by atoms with Crippen molar-refractivity contribution < 1.29 is 9.53 Å². The molecule has 8 heteroatoms. The van der Waals surface area contributed by atoms with E-state index in [9.17, 15) is 9.59 Å². The van der Waals surface area contributed by atoms with Crippen LogP contribution >= 0.6 is 12.4 Å². The number of rotatable bonds is 5. The quantitative estimate of drug-likeness (QED) is 0.406. The standard InChI is InChI=1S/C26H30N4O3.ClH/c1-4-23(33-24(31)16-29-11-9-28(3)10-12-29)20-14-22-25-19(15-30(22)26(32)17(20)2)13-18-7-5-6-8-21(18)27-25;/h5-8,13-14,23H,4,9-12,15-16H2,1-3H3;1H. The van der Waals surface area contributed by atoms with Crippen molar-refractivity contribution >= 4 is 29.3 Å². The maximum absolute atomic E-state index is 13.3. The van der Waals surface area contributed by atoms with Crippen LogP contribution in [0.15, 0.2) is 41.2 Å². The molecule has 0 saturated carbocycles. The number of aromatic nitrogens is 2. The zero-order chi connectivity index (χ0) is 23.1. The van der Waals surface area contributed by atoms with Gasteiger partial charge >= 0.3 is 5.97 Å². The van der Waals surface area contributed by atoms with Gasteiger partial charge in [-0.05, 0) is 38.6 Å². The van der Waals surface area contributed by atoms with Gasteiger partial charge < -0.3 is 14.2 Å². The lowest BCUT2D eigenvalue weighted by Crippen LogP contribution is -2.46. The zero-order valence-corrected chi connectivity index (χ0v) is 20.7. The zero-order valence-electron chi connectivity index (χ0n) is 19.9. The molecule has 1 unspecified atom stereocenters. The van der Waals surface area contributed by atoms with Crippen molar-refractivity contribution in [3.8, 4) is 11.4 Å².